The largest absolute Gasteiger partial charge is 0.444 e. The van der Waals surface area contributed by atoms with Crippen LogP contribution in [0.25, 0.3) is 0 Å². The number of thiophene rings is 1. The number of benzene rings is 1. The summed E-state index contributed by atoms with van der Waals surface area (Å²) in [5, 5.41) is 6.15. The molecule has 23 heavy (non-hydrogen) atoms. The molecule has 2 rings (SSSR count). The van der Waals surface area contributed by atoms with Crippen molar-refractivity contribution in [3.05, 3.63) is 50.6 Å². The van der Waals surface area contributed by atoms with E-state index in [1.54, 1.807) is 11.3 Å². The van der Waals surface area contributed by atoms with Crippen LogP contribution in [0.1, 0.15) is 31.2 Å². The van der Waals surface area contributed by atoms with E-state index in [1.807, 2.05) is 51.1 Å². The molecule has 0 radical (unpaired) electrons. The first-order valence-corrected chi connectivity index (χ1v) is 8.97. The van der Waals surface area contributed by atoms with Gasteiger partial charge in [0.25, 0.3) is 0 Å². The zero-order valence-electron chi connectivity index (χ0n) is 13.5. The number of ether oxygens (including phenoxy) is 1. The highest BCUT2D eigenvalue weighted by atomic mass is 79.9. The predicted octanol–water partition coefficient (Wildman–Crippen LogP) is 5.15. The predicted molar refractivity (Wildman–Crippen MR) is 98.9 cm³/mol. The van der Waals surface area contributed by atoms with Crippen LogP contribution in [-0.2, 0) is 17.8 Å². The molecule has 2 aromatic rings. The van der Waals surface area contributed by atoms with Crippen molar-refractivity contribution >= 4 is 39.0 Å². The second-order valence-electron chi connectivity index (χ2n) is 6.12. The third kappa shape index (κ3) is 6.62. The molecule has 1 amide bonds. The fourth-order valence-corrected chi connectivity index (χ4v) is 3.34. The molecule has 6 heteroatoms. The summed E-state index contributed by atoms with van der Waals surface area (Å²) in [5.74, 6) is 0. The van der Waals surface area contributed by atoms with E-state index in [-0.39, 0.29) is 0 Å². The Labute approximate surface area is 149 Å². The minimum atomic E-state index is -0.484. The SMILES string of the molecule is CC(C)(C)OC(=O)NCc1cccc(NCc2ccc(Br)s2)c1. The second-order valence-corrected chi connectivity index (χ2v) is 8.66. The van der Waals surface area contributed by atoms with Gasteiger partial charge in [0.1, 0.15) is 5.60 Å². The molecule has 0 bridgehead atoms. The molecular formula is C17H21BrN2O2S. The molecule has 1 aromatic carbocycles. The number of alkyl carbamates (subject to hydrolysis) is 1. The molecule has 124 valence electrons. The molecule has 0 saturated heterocycles. The molecule has 0 atom stereocenters. The molecular weight excluding hydrogens is 376 g/mol. The highest BCUT2D eigenvalue weighted by molar-refractivity contribution is 9.11. The molecule has 4 nitrogen and oxygen atoms in total. The van der Waals surface area contributed by atoms with Crippen molar-refractivity contribution in [2.24, 2.45) is 0 Å². The average Bonchev–Trinajstić information content (AvgIpc) is 2.87. The maximum absolute atomic E-state index is 11.7. The van der Waals surface area contributed by atoms with Crippen molar-refractivity contribution < 1.29 is 9.53 Å². The third-order valence-corrected chi connectivity index (χ3v) is 4.48. The molecule has 0 spiro atoms. The first-order chi connectivity index (χ1) is 10.8. The topological polar surface area (TPSA) is 50.4 Å². The van der Waals surface area contributed by atoms with Gasteiger partial charge in [0.15, 0.2) is 0 Å². The van der Waals surface area contributed by atoms with Crippen LogP contribution in [0.4, 0.5) is 10.5 Å². The molecule has 0 aliphatic heterocycles. The summed E-state index contributed by atoms with van der Waals surface area (Å²) >= 11 is 5.17. The van der Waals surface area contributed by atoms with Gasteiger partial charge >= 0.3 is 6.09 Å². The smallest absolute Gasteiger partial charge is 0.407 e. The number of hydrogen-bond acceptors (Lipinski definition) is 4. The molecule has 1 aromatic heterocycles. The van der Waals surface area contributed by atoms with Crippen molar-refractivity contribution in [3.63, 3.8) is 0 Å². The van der Waals surface area contributed by atoms with Gasteiger partial charge in [0, 0.05) is 23.7 Å². The van der Waals surface area contributed by atoms with Gasteiger partial charge in [-0.15, -0.1) is 11.3 Å². The van der Waals surface area contributed by atoms with Crippen LogP contribution in [0, 0.1) is 0 Å². The highest BCUT2D eigenvalue weighted by Crippen LogP contribution is 2.23. The lowest BCUT2D eigenvalue weighted by Gasteiger charge is -2.19. The van der Waals surface area contributed by atoms with Crippen molar-refractivity contribution in [1.29, 1.82) is 0 Å². The summed E-state index contributed by atoms with van der Waals surface area (Å²) in [6, 6.07) is 12.1. The van der Waals surface area contributed by atoms with E-state index in [0.29, 0.717) is 6.54 Å². The fraction of sp³-hybridized carbons (Fsp3) is 0.353. The van der Waals surface area contributed by atoms with E-state index in [4.69, 9.17) is 4.74 Å². The molecule has 1 heterocycles. The summed E-state index contributed by atoms with van der Waals surface area (Å²) in [6.07, 6.45) is -0.403. The molecule has 0 aliphatic carbocycles. The minimum absolute atomic E-state index is 0.403. The van der Waals surface area contributed by atoms with Gasteiger partial charge in [-0.05, 0) is 66.5 Å². The first-order valence-electron chi connectivity index (χ1n) is 7.36. The van der Waals surface area contributed by atoms with E-state index < -0.39 is 11.7 Å². The summed E-state index contributed by atoms with van der Waals surface area (Å²) in [5.41, 5.74) is 1.56. The Hall–Kier alpha value is -1.53. The molecule has 0 unspecified atom stereocenters. The number of carbonyl (C=O) groups excluding carboxylic acids is 1. The Morgan fingerprint density at radius 2 is 2.00 bits per heavy atom. The number of halogens is 1. The molecule has 0 fully saturated rings. The Morgan fingerprint density at radius 3 is 2.65 bits per heavy atom. The van der Waals surface area contributed by atoms with E-state index in [1.165, 1.54) is 4.88 Å². The zero-order valence-corrected chi connectivity index (χ0v) is 15.9. The van der Waals surface area contributed by atoms with Crippen molar-refractivity contribution in [1.82, 2.24) is 5.32 Å². The number of nitrogens with one attached hydrogen (secondary N) is 2. The number of carbonyl (C=O) groups is 1. The van der Waals surface area contributed by atoms with Crippen LogP contribution < -0.4 is 10.6 Å². The standard InChI is InChI=1S/C17H21BrN2O2S/c1-17(2,3)22-16(21)20-10-12-5-4-6-13(9-12)19-11-14-7-8-15(18)23-14/h4-9,19H,10-11H2,1-3H3,(H,20,21). The van der Waals surface area contributed by atoms with Crippen LogP contribution in [0.5, 0.6) is 0 Å². The molecule has 0 aliphatic rings. The Morgan fingerprint density at radius 1 is 1.22 bits per heavy atom. The maximum Gasteiger partial charge on any atom is 0.407 e. The first kappa shape index (κ1) is 17.8. The van der Waals surface area contributed by atoms with Crippen molar-refractivity contribution in [2.45, 2.75) is 39.5 Å². The van der Waals surface area contributed by atoms with E-state index >= 15 is 0 Å². The number of rotatable bonds is 5. The minimum Gasteiger partial charge on any atom is -0.444 e. The Kier molecular flexibility index (Phi) is 6.07. The van der Waals surface area contributed by atoms with E-state index in [9.17, 15) is 4.79 Å². The van der Waals surface area contributed by atoms with E-state index in [0.717, 1.165) is 21.6 Å². The van der Waals surface area contributed by atoms with Crippen LogP contribution in [0.15, 0.2) is 40.2 Å². The van der Waals surface area contributed by atoms with Crippen molar-refractivity contribution in [2.75, 3.05) is 5.32 Å². The summed E-state index contributed by atoms with van der Waals surface area (Å²) in [4.78, 5) is 12.9. The zero-order chi connectivity index (χ0) is 16.9. The van der Waals surface area contributed by atoms with Crippen LogP contribution in [0.2, 0.25) is 0 Å². The normalized spacial score (nSPS) is 11.1. The lowest BCUT2D eigenvalue weighted by Crippen LogP contribution is -2.32. The van der Waals surface area contributed by atoms with E-state index in [2.05, 4.69) is 32.6 Å². The average molecular weight is 397 g/mol. The van der Waals surface area contributed by atoms with Gasteiger partial charge < -0.3 is 15.4 Å². The lowest BCUT2D eigenvalue weighted by atomic mass is 10.2. The van der Waals surface area contributed by atoms with Gasteiger partial charge in [-0.2, -0.15) is 0 Å². The van der Waals surface area contributed by atoms with Gasteiger partial charge in [-0.1, -0.05) is 12.1 Å². The second kappa shape index (κ2) is 7.84. The summed E-state index contributed by atoms with van der Waals surface area (Å²) in [6.45, 7) is 6.76. The number of hydrogen-bond donors (Lipinski definition) is 2. The summed E-state index contributed by atoms with van der Waals surface area (Å²) in [7, 11) is 0. The number of amides is 1. The maximum atomic E-state index is 11.7. The third-order valence-electron chi connectivity index (χ3n) is 2.86. The molecule has 2 N–H and O–H groups in total. The summed E-state index contributed by atoms with van der Waals surface area (Å²) < 4.78 is 6.36. The Balaban J connectivity index is 1.85. The quantitative estimate of drug-likeness (QED) is 0.734. The monoisotopic (exact) mass is 396 g/mol. The van der Waals surface area contributed by atoms with Crippen LogP contribution in [0.3, 0.4) is 0 Å². The van der Waals surface area contributed by atoms with Crippen LogP contribution in [-0.4, -0.2) is 11.7 Å². The van der Waals surface area contributed by atoms with Gasteiger partial charge in [0.05, 0.1) is 3.79 Å². The van der Waals surface area contributed by atoms with Crippen LogP contribution >= 0.6 is 27.3 Å². The van der Waals surface area contributed by atoms with Gasteiger partial charge in [-0.3, -0.25) is 0 Å². The highest BCUT2D eigenvalue weighted by Gasteiger charge is 2.15. The molecule has 0 saturated carbocycles. The van der Waals surface area contributed by atoms with Crippen molar-refractivity contribution in [3.8, 4) is 0 Å². The van der Waals surface area contributed by atoms with Gasteiger partial charge in [0.2, 0.25) is 0 Å². The lowest BCUT2D eigenvalue weighted by molar-refractivity contribution is 0.0523. The Bertz CT molecular complexity index is 665. The fourth-order valence-electron chi connectivity index (χ4n) is 1.92. The number of anilines is 1. The van der Waals surface area contributed by atoms with Gasteiger partial charge in [-0.25, -0.2) is 4.79 Å².